The van der Waals surface area contributed by atoms with Crippen LogP contribution in [0.3, 0.4) is 0 Å². The van der Waals surface area contributed by atoms with E-state index in [1.54, 1.807) is 0 Å². The Kier molecular flexibility index (Phi) is 3.11. The summed E-state index contributed by atoms with van der Waals surface area (Å²) in [7, 11) is 0. The second-order valence-corrected chi connectivity index (χ2v) is 4.12. The van der Waals surface area contributed by atoms with E-state index in [2.05, 4.69) is 11.4 Å². The van der Waals surface area contributed by atoms with E-state index < -0.39 is 0 Å². The molecule has 1 aromatic carbocycles. The van der Waals surface area contributed by atoms with E-state index in [9.17, 15) is 0 Å². The first kappa shape index (κ1) is 8.91. The van der Waals surface area contributed by atoms with Crippen molar-refractivity contribution in [2.24, 2.45) is 0 Å². The molecule has 69 valence electrons. The Labute approximate surface area is 82.7 Å². The molecule has 0 bridgehead atoms. The topological polar surface area (TPSA) is 21.3 Å². The average Bonchev–Trinajstić information content (AvgIpc) is 2.21. The molecular weight excluding hydrogens is 182 g/mol. The van der Waals surface area contributed by atoms with Crippen LogP contribution in [0.2, 0.25) is 0 Å². The predicted molar refractivity (Wildman–Crippen MR) is 55.0 cm³/mol. The minimum atomic E-state index is 0.243. The Hall–Kier alpha value is -0.670. The van der Waals surface area contributed by atoms with Gasteiger partial charge in [0.2, 0.25) is 0 Å². The highest BCUT2D eigenvalue weighted by atomic mass is 32.2. The Bertz CT molecular complexity index is 246. The fourth-order valence-corrected chi connectivity index (χ4v) is 2.14. The highest BCUT2D eigenvalue weighted by Gasteiger charge is 2.14. The van der Waals surface area contributed by atoms with Gasteiger partial charge in [0.1, 0.15) is 5.75 Å². The van der Waals surface area contributed by atoms with Crippen molar-refractivity contribution < 1.29 is 4.74 Å². The van der Waals surface area contributed by atoms with Crippen molar-refractivity contribution in [1.82, 2.24) is 5.32 Å². The van der Waals surface area contributed by atoms with Crippen LogP contribution in [0.1, 0.15) is 0 Å². The number of thioether (sulfide) groups is 1. The van der Waals surface area contributed by atoms with E-state index in [1.807, 2.05) is 36.0 Å². The van der Waals surface area contributed by atoms with Crippen LogP contribution in [0.15, 0.2) is 24.3 Å². The lowest BCUT2D eigenvalue weighted by Crippen LogP contribution is -2.35. The summed E-state index contributed by atoms with van der Waals surface area (Å²) in [6, 6.07) is 10.8. The molecule has 1 unspecified atom stereocenters. The van der Waals surface area contributed by atoms with Crippen LogP contribution in [0.5, 0.6) is 5.75 Å². The van der Waals surface area contributed by atoms with Gasteiger partial charge < -0.3 is 10.1 Å². The van der Waals surface area contributed by atoms with Gasteiger partial charge in [0.05, 0.1) is 0 Å². The fraction of sp³-hybridized carbons (Fsp3) is 0.400. The summed E-state index contributed by atoms with van der Waals surface area (Å²) in [5, 5.41) is 3.30. The van der Waals surface area contributed by atoms with Crippen LogP contribution in [-0.2, 0) is 0 Å². The van der Waals surface area contributed by atoms with Gasteiger partial charge in [-0.2, -0.15) is 0 Å². The Balaban J connectivity index is 1.90. The zero-order valence-corrected chi connectivity index (χ0v) is 8.14. The van der Waals surface area contributed by atoms with Gasteiger partial charge in [-0.05, 0) is 6.07 Å². The molecule has 1 atom stereocenters. The van der Waals surface area contributed by atoms with Gasteiger partial charge in [-0.3, -0.25) is 0 Å². The molecule has 1 aliphatic rings. The van der Waals surface area contributed by atoms with Gasteiger partial charge >= 0.3 is 0 Å². The van der Waals surface area contributed by atoms with E-state index in [1.165, 1.54) is 0 Å². The van der Waals surface area contributed by atoms with Crippen LogP contribution in [0, 0.1) is 6.07 Å². The van der Waals surface area contributed by atoms with Crippen molar-refractivity contribution in [3.05, 3.63) is 30.3 Å². The second-order valence-electron chi connectivity index (χ2n) is 2.85. The van der Waals surface area contributed by atoms with Gasteiger partial charge in [0, 0.05) is 24.9 Å². The third kappa shape index (κ3) is 2.64. The maximum Gasteiger partial charge on any atom is 0.157 e. The molecule has 2 nitrogen and oxygen atoms in total. The number of benzene rings is 1. The summed E-state index contributed by atoms with van der Waals surface area (Å²) >= 11 is 1.85. The average molecular weight is 194 g/mol. The lowest BCUT2D eigenvalue weighted by Gasteiger charge is -2.23. The number of hydrogen-bond donors (Lipinski definition) is 1. The number of para-hydroxylation sites is 1. The summed E-state index contributed by atoms with van der Waals surface area (Å²) in [4.78, 5) is 0. The van der Waals surface area contributed by atoms with E-state index >= 15 is 0 Å². The Morgan fingerprint density at radius 3 is 3.23 bits per heavy atom. The first-order valence-corrected chi connectivity index (χ1v) is 5.46. The summed E-state index contributed by atoms with van der Waals surface area (Å²) in [6.45, 7) is 2.01. The molecular formula is C10H12NOS. The van der Waals surface area contributed by atoms with Crippen molar-refractivity contribution >= 4 is 11.8 Å². The Morgan fingerprint density at radius 2 is 2.54 bits per heavy atom. The van der Waals surface area contributed by atoms with Crippen molar-refractivity contribution in [3.63, 3.8) is 0 Å². The van der Waals surface area contributed by atoms with Crippen molar-refractivity contribution in [3.8, 4) is 5.75 Å². The first-order chi connectivity index (χ1) is 6.45. The van der Waals surface area contributed by atoms with Crippen LogP contribution in [0.4, 0.5) is 0 Å². The van der Waals surface area contributed by atoms with Crippen molar-refractivity contribution in [2.75, 3.05) is 18.8 Å². The monoisotopic (exact) mass is 194 g/mol. The third-order valence-electron chi connectivity index (χ3n) is 1.83. The minimum Gasteiger partial charge on any atom is -0.478 e. The maximum absolute atomic E-state index is 5.70. The summed E-state index contributed by atoms with van der Waals surface area (Å²) in [6.07, 6.45) is 0. The number of rotatable bonds is 2. The van der Waals surface area contributed by atoms with Crippen LogP contribution in [-0.4, -0.2) is 24.3 Å². The van der Waals surface area contributed by atoms with E-state index in [0.29, 0.717) is 0 Å². The van der Waals surface area contributed by atoms with Crippen molar-refractivity contribution in [2.45, 2.75) is 5.44 Å². The predicted octanol–water partition coefficient (Wildman–Crippen LogP) is 1.53. The largest absolute Gasteiger partial charge is 0.478 e. The quantitative estimate of drug-likeness (QED) is 0.771. The molecule has 0 saturated carbocycles. The van der Waals surface area contributed by atoms with Gasteiger partial charge in [-0.25, -0.2) is 0 Å². The maximum atomic E-state index is 5.70. The van der Waals surface area contributed by atoms with E-state index in [-0.39, 0.29) is 5.44 Å². The summed E-state index contributed by atoms with van der Waals surface area (Å²) in [5.41, 5.74) is 0.243. The number of nitrogens with one attached hydrogen (secondary N) is 1. The summed E-state index contributed by atoms with van der Waals surface area (Å²) < 4.78 is 5.70. The first-order valence-electron chi connectivity index (χ1n) is 4.41. The van der Waals surface area contributed by atoms with Gasteiger partial charge in [-0.1, -0.05) is 18.2 Å². The molecule has 2 rings (SSSR count). The molecule has 0 aliphatic carbocycles. The highest BCUT2D eigenvalue weighted by Crippen LogP contribution is 2.18. The zero-order valence-electron chi connectivity index (χ0n) is 7.32. The lowest BCUT2D eigenvalue weighted by atomic mass is 10.3. The Morgan fingerprint density at radius 1 is 1.54 bits per heavy atom. The molecule has 1 fully saturated rings. The van der Waals surface area contributed by atoms with Crippen LogP contribution < -0.4 is 10.1 Å². The molecule has 1 radical (unpaired) electrons. The molecule has 1 aromatic rings. The SMILES string of the molecule is [c]1ccccc1OC1CNCCS1. The van der Waals surface area contributed by atoms with E-state index in [4.69, 9.17) is 4.74 Å². The fourth-order valence-electron chi connectivity index (χ4n) is 1.21. The molecule has 3 heteroatoms. The number of hydrogen-bond acceptors (Lipinski definition) is 3. The molecule has 1 aliphatic heterocycles. The zero-order chi connectivity index (χ0) is 8.93. The molecule has 0 spiro atoms. The lowest BCUT2D eigenvalue weighted by molar-refractivity contribution is 0.277. The molecule has 1 saturated heterocycles. The standard InChI is InChI=1S/C10H12NOS/c1-2-4-9(5-3-1)12-10-8-11-6-7-13-10/h1-4,10-11H,6-8H2. The van der Waals surface area contributed by atoms with Crippen LogP contribution >= 0.6 is 11.8 Å². The molecule has 1 heterocycles. The van der Waals surface area contributed by atoms with Crippen LogP contribution in [0.25, 0.3) is 0 Å². The van der Waals surface area contributed by atoms with Gasteiger partial charge in [-0.15, -0.1) is 11.8 Å². The third-order valence-corrected chi connectivity index (χ3v) is 2.91. The molecule has 1 N–H and O–H groups in total. The second kappa shape index (κ2) is 4.53. The highest BCUT2D eigenvalue weighted by molar-refractivity contribution is 7.99. The number of ether oxygens (including phenoxy) is 1. The minimum absolute atomic E-state index is 0.243. The molecule has 0 amide bonds. The molecule has 0 aromatic heterocycles. The summed E-state index contributed by atoms with van der Waals surface area (Å²) in [5.74, 6) is 1.96. The van der Waals surface area contributed by atoms with E-state index in [0.717, 1.165) is 24.6 Å². The van der Waals surface area contributed by atoms with Gasteiger partial charge in [0.25, 0.3) is 0 Å². The molecule has 13 heavy (non-hydrogen) atoms. The van der Waals surface area contributed by atoms with Gasteiger partial charge in [0.15, 0.2) is 5.44 Å². The smallest absolute Gasteiger partial charge is 0.157 e. The van der Waals surface area contributed by atoms with Crippen molar-refractivity contribution in [1.29, 1.82) is 0 Å². The normalized spacial score (nSPS) is 22.6.